The van der Waals surface area contributed by atoms with Gasteiger partial charge in [-0.1, -0.05) is 6.07 Å². The van der Waals surface area contributed by atoms with Gasteiger partial charge in [0, 0.05) is 23.5 Å². The second-order valence-electron chi connectivity index (χ2n) is 9.20. The van der Waals surface area contributed by atoms with Crippen LogP contribution in [0, 0.1) is 17.8 Å². The van der Waals surface area contributed by atoms with Gasteiger partial charge in [0.2, 0.25) is 0 Å². The fourth-order valence-corrected chi connectivity index (χ4v) is 6.79. The largest absolute Gasteiger partial charge is 0.382 e. The van der Waals surface area contributed by atoms with E-state index in [-0.39, 0.29) is 0 Å². The summed E-state index contributed by atoms with van der Waals surface area (Å²) in [5.74, 6) is 3.40. The molecule has 1 aliphatic heterocycles. The van der Waals surface area contributed by atoms with Crippen LogP contribution in [0.1, 0.15) is 42.3 Å². The molecule has 7 rings (SSSR count). The Bertz CT molecular complexity index is 1280. The third-order valence-corrected chi connectivity index (χ3v) is 7.96. The van der Waals surface area contributed by atoms with E-state index in [1.807, 2.05) is 11.7 Å². The molecule has 2 aromatic heterocycles. The maximum absolute atomic E-state index is 6.11. The zero-order valence-corrected chi connectivity index (χ0v) is 16.4. The number of fused-ring (bicyclic) bond motifs is 10. The molecule has 6 nitrogen and oxygen atoms in total. The molecule has 2 aliphatic carbocycles. The number of aromatic nitrogens is 4. The van der Waals surface area contributed by atoms with Gasteiger partial charge < -0.3 is 11.1 Å². The number of nitrogen functional groups attached to an aromatic ring is 1. The smallest absolute Gasteiger partial charge is 0.153 e. The van der Waals surface area contributed by atoms with Crippen LogP contribution < -0.4 is 11.1 Å². The normalized spacial score (nSPS) is 29.9. The van der Waals surface area contributed by atoms with Gasteiger partial charge in [-0.2, -0.15) is 10.2 Å². The summed E-state index contributed by atoms with van der Waals surface area (Å²) in [5, 5.41) is 18.1. The van der Waals surface area contributed by atoms with Crippen molar-refractivity contribution in [2.75, 3.05) is 11.1 Å². The summed E-state index contributed by atoms with van der Waals surface area (Å²) < 4.78 is 2.00. The maximum atomic E-state index is 6.11. The van der Waals surface area contributed by atoms with E-state index in [9.17, 15) is 0 Å². The number of rotatable bonds is 1. The highest BCUT2D eigenvalue weighted by Gasteiger charge is 2.54. The minimum Gasteiger partial charge on any atom is -0.382 e. The van der Waals surface area contributed by atoms with E-state index < -0.39 is 0 Å². The molecule has 0 spiro atoms. The van der Waals surface area contributed by atoms with E-state index in [1.54, 1.807) is 0 Å². The van der Waals surface area contributed by atoms with Crippen molar-refractivity contribution in [2.24, 2.45) is 24.8 Å². The molecule has 6 heteroatoms. The van der Waals surface area contributed by atoms with Crippen molar-refractivity contribution in [3.8, 4) is 0 Å². The lowest BCUT2D eigenvalue weighted by molar-refractivity contribution is 0.249. The summed E-state index contributed by atoms with van der Waals surface area (Å²) in [6.45, 7) is 0. The number of H-pyrrole nitrogens is 1. The maximum Gasteiger partial charge on any atom is 0.153 e. The van der Waals surface area contributed by atoms with Gasteiger partial charge >= 0.3 is 0 Å². The topological polar surface area (TPSA) is 84.5 Å². The second kappa shape index (κ2) is 5.32. The summed E-state index contributed by atoms with van der Waals surface area (Å²) in [6, 6.07) is 11.4. The number of aromatic amines is 1. The SMILES string of the molecule is Cn1ncc2c3c(ccc21)N[C@@H](c1ccc2[nH]nc(N)c2c1)[C@@H]1[C@@H]2CC[C@H](C2)[C@H]31. The first-order chi connectivity index (χ1) is 14.2. The fraction of sp³-hybridized carbons (Fsp3) is 0.391. The highest BCUT2D eigenvalue weighted by Crippen LogP contribution is 2.64. The number of nitrogens with one attached hydrogen (secondary N) is 2. The first-order valence-electron chi connectivity index (χ1n) is 10.6. The van der Waals surface area contributed by atoms with Crippen LogP contribution in [0.2, 0.25) is 0 Å². The number of hydrogen-bond acceptors (Lipinski definition) is 4. The van der Waals surface area contributed by atoms with Gasteiger partial charge in [-0.15, -0.1) is 0 Å². The molecule has 29 heavy (non-hydrogen) atoms. The first-order valence-corrected chi connectivity index (χ1v) is 10.6. The highest BCUT2D eigenvalue weighted by atomic mass is 15.2. The van der Waals surface area contributed by atoms with Crippen LogP contribution in [0.5, 0.6) is 0 Å². The quantitative estimate of drug-likeness (QED) is 0.456. The fourth-order valence-electron chi connectivity index (χ4n) is 6.79. The predicted octanol–water partition coefficient (Wildman–Crippen LogP) is 4.33. The van der Waals surface area contributed by atoms with Gasteiger partial charge in [0.05, 0.1) is 23.3 Å². The Hall–Kier alpha value is -3.02. The number of benzene rings is 2. The van der Waals surface area contributed by atoms with Crippen molar-refractivity contribution >= 4 is 33.3 Å². The lowest BCUT2D eigenvalue weighted by Gasteiger charge is -2.43. The van der Waals surface area contributed by atoms with Crippen LogP contribution in [0.4, 0.5) is 11.5 Å². The molecule has 5 atom stereocenters. The minimum atomic E-state index is 0.315. The van der Waals surface area contributed by atoms with Gasteiger partial charge in [0.1, 0.15) is 0 Å². The summed E-state index contributed by atoms with van der Waals surface area (Å²) in [6.07, 6.45) is 6.15. The molecule has 2 bridgehead atoms. The average molecular weight is 384 g/mol. The van der Waals surface area contributed by atoms with E-state index in [4.69, 9.17) is 5.73 Å². The lowest BCUT2D eigenvalue weighted by Crippen LogP contribution is -2.35. The number of anilines is 2. The Morgan fingerprint density at radius 2 is 2.00 bits per heavy atom. The summed E-state index contributed by atoms with van der Waals surface area (Å²) in [5.41, 5.74) is 12.5. The molecular formula is C23H24N6. The van der Waals surface area contributed by atoms with E-state index in [1.165, 1.54) is 47.0 Å². The Morgan fingerprint density at radius 1 is 1.10 bits per heavy atom. The van der Waals surface area contributed by atoms with Crippen molar-refractivity contribution in [1.82, 2.24) is 20.0 Å². The van der Waals surface area contributed by atoms with E-state index in [2.05, 4.69) is 57.1 Å². The molecule has 4 aromatic rings. The van der Waals surface area contributed by atoms with Crippen molar-refractivity contribution in [1.29, 1.82) is 0 Å². The molecular weight excluding hydrogens is 360 g/mol. The average Bonchev–Trinajstić information content (AvgIpc) is 3.52. The molecule has 3 aliphatic rings. The molecule has 0 radical (unpaired) electrons. The summed E-state index contributed by atoms with van der Waals surface area (Å²) in [4.78, 5) is 0. The Morgan fingerprint density at radius 3 is 2.93 bits per heavy atom. The van der Waals surface area contributed by atoms with Crippen LogP contribution >= 0.6 is 0 Å². The van der Waals surface area contributed by atoms with Crippen molar-refractivity contribution in [3.05, 3.63) is 47.7 Å². The molecule has 0 amide bonds. The highest BCUT2D eigenvalue weighted by molar-refractivity contribution is 5.90. The van der Waals surface area contributed by atoms with Gasteiger partial charge in [0.25, 0.3) is 0 Å². The number of nitrogens with zero attached hydrogens (tertiary/aromatic N) is 3. The van der Waals surface area contributed by atoms with Crippen molar-refractivity contribution in [3.63, 3.8) is 0 Å². The zero-order valence-electron chi connectivity index (χ0n) is 16.4. The van der Waals surface area contributed by atoms with Gasteiger partial charge in [-0.05, 0) is 78.3 Å². The Kier molecular flexibility index (Phi) is 2.91. The molecule has 0 saturated heterocycles. The van der Waals surface area contributed by atoms with Gasteiger partial charge in [-0.25, -0.2) is 0 Å². The number of nitrogens with two attached hydrogens (primary N) is 1. The first kappa shape index (κ1) is 15.9. The molecule has 2 aromatic carbocycles. The molecule has 2 fully saturated rings. The van der Waals surface area contributed by atoms with Crippen molar-refractivity contribution in [2.45, 2.75) is 31.2 Å². The van der Waals surface area contributed by atoms with Crippen LogP contribution in [0.15, 0.2) is 36.5 Å². The molecule has 2 saturated carbocycles. The van der Waals surface area contributed by atoms with Crippen LogP contribution in [0.25, 0.3) is 21.8 Å². The Balaban J connectivity index is 1.44. The van der Waals surface area contributed by atoms with Crippen LogP contribution in [0.3, 0.4) is 0 Å². The molecule has 146 valence electrons. The minimum absolute atomic E-state index is 0.315. The standard InChI is InChI=1S/C23H24N6/c1-29-18-7-6-17-21(15(18)10-25-29)19-11-2-3-12(8-11)20(19)22(26-17)13-4-5-16-14(9-13)23(24)28-27-16/h4-7,9-12,19-20,22,26H,2-3,8H2,1H3,(H3,24,27,28)/t11-,12-,19+,20-,22+/m1/s1. The molecule has 4 N–H and O–H groups in total. The van der Waals surface area contributed by atoms with Gasteiger partial charge in [0.15, 0.2) is 5.82 Å². The molecule has 3 heterocycles. The van der Waals surface area contributed by atoms with Crippen LogP contribution in [-0.4, -0.2) is 20.0 Å². The van der Waals surface area contributed by atoms with E-state index >= 15 is 0 Å². The Labute approximate surface area is 168 Å². The number of aryl methyl sites for hydroxylation is 1. The summed E-state index contributed by atoms with van der Waals surface area (Å²) >= 11 is 0. The van der Waals surface area contributed by atoms with E-state index in [0.29, 0.717) is 23.7 Å². The van der Waals surface area contributed by atoms with Crippen LogP contribution in [-0.2, 0) is 7.05 Å². The monoisotopic (exact) mass is 384 g/mol. The second-order valence-corrected chi connectivity index (χ2v) is 9.20. The third kappa shape index (κ3) is 1.96. The molecule has 0 unspecified atom stereocenters. The third-order valence-electron chi connectivity index (χ3n) is 7.96. The lowest BCUT2D eigenvalue weighted by atomic mass is 9.67. The predicted molar refractivity (Wildman–Crippen MR) is 115 cm³/mol. The zero-order chi connectivity index (χ0) is 19.3. The number of hydrogen-bond donors (Lipinski definition) is 3. The van der Waals surface area contributed by atoms with E-state index in [0.717, 1.165) is 22.7 Å². The summed E-state index contributed by atoms with van der Waals surface area (Å²) in [7, 11) is 2.04. The van der Waals surface area contributed by atoms with Crippen molar-refractivity contribution < 1.29 is 0 Å². The van der Waals surface area contributed by atoms with Gasteiger partial charge in [-0.3, -0.25) is 9.78 Å².